The van der Waals surface area contributed by atoms with E-state index in [-0.39, 0.29) is 18.6 Å². The Morgan fingerprint density at radius 2 is 2.32 bits per heavy atom. The molecule has 104 valence electrons. The number of rotatable bonds is 6. The zero-order valence-electron chi connectivity index (χ0n) is 10.7. The number of hydrogen-bond acceptors (Lipinski definition) is 4. The molecular formula is C13H17BrN2O2S. The van der Waals surface area contributed by atoms with Crippen LogP contribution in [0.4, 0.5) is 5.69 Å². The molecule has 1 atom stereocenters. The summed E-state index contributed by atoms with van der Waals surface area (Å²) in [5.41, 5.74) is 1.85. The summed E-state index contributed by atoms with van der Waals surface area (Å²) < 4.78 is 0.962. The molecule has 4 nitrogen and oxygen atoms in total. The van der Waals surface area contributed by atoms with Gasteiger partial charge in [0.1, 0.15) is 6.04 Å². The fourth-order valence-electron chi connectivity index (χ4n) is 2.02. The molecule has 0 radical (unpaired) electrons. The predicted octanol–water partition coefficient (Wildman–Crippen LogP) is 2.53. The summed E-state index contributed by atoms with van der Waals surface area (Å²) in [6.07, 6.45) is 0.991. The van der Waals surface area contributed by atoms with Gasteiger partial charge in [0.25, 0.3) is 0 Å². The number of amides is 1. The number of thioether (sulfide) groups is 1. The van der Waals surface area contributed by atoms with Crippen molar-refractivity contribution in [3.63, 3.8) is 0 Å². The molecule has 0 saturated carbocycles. The Kier molecular flexibility index (Phi) is 5.27. The van der Waals surface area contributed by atoms with E-state index < -0.39 is 0 Å². The van der Waals surface area contributed by atoms with Gasteiger partial charge in [0.15, 0.2) is 0 Å². The van der Waals surface area contributed by atoms with Gasteiger partial charge in [-0.05, 0) is 41.0 Å². The Morgan fingerprint density at radius 1 is 1.53 bits per heavy atom. The second-order valence-electron chi connectivity index (χ2n) is 4.32. The largest absolute Gasteiger partial charge is 0.396 e. The van der Waals surface area contributed by atoms with Crippen LogP contribution in [0.15, 0.2) is 21.5 Å². The second kappa shape index (κ2) is 6.74. The van der Waals surface area contributed by atoms with Gasteiger partial charge in [0.2, 0.25) is 5.91 Å². The van der Waals surface area contributed by atoms with Gasteiger partial charge in [-0.3, -0.25) is 4.79 Å². The first-order chi connectivity index (χ1) is 9.17. The quantitative estimate of drug-likeness (QED) is 0.694. The third-order valence-corrected chi connectivity index (χ3v) is 4.84. The predicted molar refractivity (Wildman–Crippen MR) is 81.6 cm³/mol. The molecule has 2 rings (SSSR count). The average molecular weight is 345 g/mol. The Bertz CT molecular complexity index is 482. The number of fused-ring (bicyclic) bond motifs is 1. The average Bonchev–Trinajstić information content (AvgIpc) is 2.69. The zero-order valence-corrected chi connectivity index (χ0v) is 13.1. The van der Waals surface area contributed by atoms with Crippen molar-refractivity contribution in [2.45, 2.75) is 24.3 Å². The number of halogens is 1. The smallest absolute Gasteiger partial charge is 0.246 e. The van der Waals surface area contributed by atoms with Crippen LogP contribution in [-0.2, 0) is 4.79 Å². The number of carbonyl (C=O) groups is 1. The lowest BCUT2D eigenvalue weighted by Gasteiger charge is -2.12. The summed E-state index contributed by atoms with van der Waals surface area (Å²) in [6.45, 7) is 3.03. The molecule has 1 unspecified atom stereocenters. The molecule has 0 saturated heterocycles. The SMILES string of the molecule is CCCNC1C(=O)Nc2cc(SCCO)c(Br)cc21. The van der Waals surface area contributed by atoms with Gasteiger partial charge in [0.05, 0.1) is 6.61 Å². The highest BCUT2D eigenvalue weighted by molar-refractivity contribution is 9.10. The number of aliphatic hydroxyl groups excluding tert-OH is 1. The third-order valence-electron chi connectivity index (χ3n) is 2.88. The second-order valence-corrected chi connectivity index (χ2v) is 6.31. The number of benzene rings is 1. The van der Waals surface area contributed by atoms with E-state index in [1.165, 1.54) is 0 Å². The highest BCUT2D eigenvalue weighted by Crippen LogP contribution is 2.38. The van der Waals surface area contributed by atoms with Gasteiger partial charge in [-0.15, -0.1) is 11.8 Å². The highest BCUT2D eigenvalue weighted by atomic mass is 79.9. The van der Waals surface area contributed by atoms with Crippen LogP contribution in [0.1, 0.15) is 24.9 Å². The molecule has 0 spiro atoms. The van der Waals surface area contributed by atoms with Gasteiger partial charge < -0.3 is 15.7 Å². The monoisotopic (exact) mass is 344 g/mol. The summed E-state index contributed by atoms with van der Waals surface area (Å²) >= 11 is 5.09. The van der Waals surface area contributed by atoms with Crippen LogP contribution in [0.2, 0.25) is 0 Å². The lowest BCUT2D eigenvalue weighted by molar-refractivity contribution is -0.117. The zero-order chi connectivity index (χ0) is 13.8. The molecular weight excluding hydrogens is 328 g/mol. The molecule has 1 aliphatic heterocycles. The first-order valence-electron chi connectivity index (χ1n) is 6.28. The molecule has 0 aromatic heterocycles. The number of carbonyl (C=O) groups excluding carboxylic acids is 1. The Labute approximate surface area is 125 Å². The standard InChI is InChI=1S/C13H17BrN2O2S/c1-2-3-15-12-8-6-9(14)11(19-5-4-17)7-10(8)16-13(12)18/h6-7,12,15,17H,2-5H2,1H3,(H,16,18). The molecule has 3 N–H and O–H groups in total. The molecule has 1 heterocycles. The van der Waals surface area contributed by atoms with Crippen LogP contribution in [0.5, 0.6) is 0 Å². The molecule has 6 heteroatoms. The molecule has 0 bridgehead atoms. The van der Waals surface area contributed by atoms with E-state index in [0.29, 0.717) is 5.75 Å². The van der Waals surface area contributed by atoms with E-state index in [1.54, 1.807) is 11.8 Å². The maximum atomic E-state index is 11.9. The minimum atomic E-state index is -0.261. The number of hydrogen-bond donors (Lipinski definition) is 3. The van der Waals surface area contributed by atoms with Crippen molar-refractivity contribution in [1.82, 2.24) is 5.32 Å². The molecule has 0 aliphatic carbocycles. The van der Waals surface area contributed by atoms with Crippen molar-refractivity contribution in [3.8, 4) is 0 Å². The number of anilines is 1. The van der Waals surface area contributed by atoms with Crippen LogP contribution < -0.4 is 10.6 Å². The molecule has 1 aliphatic rings. The summed E-state index contributed by atoms with van der Waals surface area (Å²) in [7, 11) is 0. The van der Waals surface area contributed by atoms with Crippen molar-refractivity contribution >= 4 is 39.3 Å². The van der Waals surface area contributed by atoms with E-state index in [4.69, 9.17) is 5.11 Å². The van der Waals surface area contributed by atoms with Crippen LogP contribution in [0.25, 0.3) is 0 Å². The van der Waals surface area contributed by atoms with Crippen LogP contribution in [0.3, 0.4) is 0 Å². The lowest BCUT2D eigenvalue weighted by Crippen LogP contribution is -2.27. The Balaban J connectivity index is 2.23. The van der Waals surface area contributed by atoms with Crippen molar-refractivity contribution in [2.75, 3.05) is 24.2 Å². The van der Waals surface area contributed by atoms with E-state index >= 15 is 0 Å². The topological polar surface area (TPSA) is 61.4 Å². The fourth-order valence-corrected chi connectivity index (χ4v) is 3.43. The van der Waals surface area contributed by atoms with Crippen molar-refractivity contribution in [3.05, 3.63) is 22.2 Å². The molecule has 1 amide bonds. The normalized spacial score (nSPS) is 17.4. The maximum absolute atomic E-state index is 11.9. The Morgan fingerprint density at radius 3 is 3.00 bits per heavy atom. The van der Waals surface area contributed by atoms with Gasteiger partial charge in [-0.25, -0.2) is 0 Å². The first kappa shape index (κ1) is 14.8. The first-order valence-corrected chi connectivity index (χ1v) is 8.06. The summed E-state index contributed by atoms with van der Waals surface area (Å²) in [5.74, 6) is 0.641. The number of aliphatic hydroxyl groups is 1. The van der Waals surface area contributed by atoms with Crippen molar-refractivity contribution in [1.29, 1.82) is 0 Å². The van der Waals surface area contributed by atoms with E-state index in [0.717, 1.165) is 33.6 Å². The third kappa shape index (κ3) is 3.31. The van der Waals surface area contributed by atoms with Crippen molar-refractivity contribution in [2.24, 2.45) is 0 Å². The molecule has 19 heavy (non-hydrogen) atoms. The summed E-state index contributed by atoms with van der Waals surface area (Å²) in [4.78, 5) is 13.0. The summed E-state index contributed by atoms with van der Waals surface area (Å²) in [5, 5.41) is 15.0. The van der Waals surface area contributed by atoms with Gasteiger partial charge in [0, 0.05) is 26.4 Å². The van der Waals surface area contributed by atoms with E-state index in [9.17, 15) is 4.79 Å². The molecule has 0 fully saturated rings. The van der Waals surface area contributed by atoms with Gasteiger partial charge in [-0.2, -0.15) is 0 Å². The molecule has 1 aromatic carbocycles. The van der Waals surface area contributed by atoms with E-state index in [2.05, 4.69) is 33.5 Å². The van der Waals surface area contributed by atoms with Crippen LogP contribution in [-0.4, -0.2) is 29.9 Å². The van der Waals surface area contributed by atoms with Gasteiger partial charge >= 0.3 is 0 Å². The van der Waals surface area contributed by atoms with Crippen LogP contribution in [0, 0.1) is 0 Å². The van der Waals surface area contributed by atoms with E-state index in [1.807, 2.05) is 12.1 Å². The number of nitrogens with one attached hydrogen (secondary N) is 2. The van der Waals surface area contributed by atoms with Crippen LogP contribution >= 0.6 is 27.7 Å². The minimum Gasteiger partial charge on any atom is -0.396 e. The fraction of sp³-hybridized carbons (Fsp3) is 0.462. The highest BCUT2D eigenvalue weighted by Gasteiger charge is 2.30. The molecule has 1 aromatic rings. The minimum absolute atomic E-state index is 0.000316. The lowest BCUT2D eigenvalue weighted by atomic mass is 10.1. The maximum Gasteiger partial charge on any atom is 0.246 e. The summed E-state index contributed by atoms with van der Waals surface area (Å²) in [6, 6.07) is 3.69. The van der Waals surface area contributed by atoms with Gasteiger partial charge in [-0.1, -0.05) is 6.92 Å². The van der Waals surface area contributed by atoms with Crippen molar-refractivity contribution < 1.29 is 9.90 Å². The Hall–Kier alpha value is -0.560.